The number of aromatic amines is 1. The number of benzene rings is 1. The van der Waals surface area contributed by atoms with Crippen molar-refractivity contribution < 1.29 is 18.7 Å². The lowest BCUT2D eigenvalue weighted by Gasteiger charge is -2.24. The van der Waals surface area contributed by atoms with Crippen LogP contribution in [0.5, 0.6) is 0 Å². The van der Waals surface area contributed by atoms with E-state index in [0.717, 1.165) is 11.0 Å². The topological polar surface area (TPSA) is 75.3 Å². The summed E-state index contributed by atoms with van der Waals surface area (Å²) < 4.78 is 18.4. The summed E-state index contributed by atoms with van der Waals surface area (Å²) in [5.74, 6) is -0.0701. The second kappa shape index (κ2) is 6.75. The average Bonchev–Trinajstić information content (AvgIpc) is 3.07. The standard InChI is InChI=1S/C16H13FN3O3/c1-4-10-5-6-11(7-12(10)17)15(21)20(2)14(16(22)23-3)13-8-18-9-19-13/h5-9,14H,2-3H3,(H,18,19). The fourth-order valence-corrected chi connectivity index (χ4v) is 2.08. The summed E-state index contributed by atoms with van der Waals surface area (Å²) in [5, 5.41) is 0. The zero-order valence-corrected chi connectivity index (χ0v) is 12.5. The predicted molar refractivity (Wildman–Crippen MR) is 78.1 cm³/mol. The van der Waals surface area contributed by atoms with E-state index in [4.69, 9.17) is 11.2 Å². The Morgan fingerprint density at radius 2 is 2.22 bits per heavy atom. The van der Waals surface area contributed by atoms with Crippen molar-refractivity contribution in [2.75, 3.05) is 14.2 Å². The molecule has 1 unspecified atom stereocenters. The summed E-state index contributed by atoms with van der Waals surface area (Å²) in [4.78, 5) is 32.3. The second-order valence-electron chi connectivity index (χ2n) is 4.66. The lowest BCUT2D eigenvalue weighted by Crippen LogP contribution is -2.36. The van der Waals surface area contributed by atoms with Crippen LogP contribution in [-0.2, 0) is 9.53 Å². The first-order valence-electron chi connectivity index (χ1n) is 6.55. The molecule has 0 spiro atoms. The summed E-state index contributed by atoms with van der Waals surface area (Å²) in [6.45, 7) is 0. The molecule has 0 saturated carbocycles. The van der Waals surface area contributed by atoms with Gasteiger partial charge in [0.1, 0.15) is 5.82 Å². The van der Waals surface area contributed by atoms with Gasteiger partial charge < -0.3 is 14.6 Å². The Labute approximate surface area is 132 Å². The van der Waals surface area contributed by atoms with Gasteiger partial charge in [-0.15, -0.1) is 0 Å². The zero-order chi connectivity index (χ0) is 17.0. The number of H-pyrrole nitrogens is 1. The molecule has 2 rings (SSSR count). The molecule has 0 fully saturated rings. The summed E-state index contributed by atoms with van der Waals surface area (Å²) in [6, 6.07) is 2.56. The monoisotopic (exact) mass is 314 g/mol. The molecular weight excluding hydrogens is 301 g/mol. The number of amides is 1. The Balaban J connectivity index is 2.35. The number of hydrogen-bond donors (Lipinski definition) is 1. The number of likely N-dealkylation sites (N-methyl/N-ethyl adjacent to an activating group) is 1. The molecule has 0 saturated heterocycles. The van der Waals surface area contributed by atoms with Gasteiger partial charge in [0.15, 0.2) is 6.04 Å². The molecule has 0 aliphatic heterocycles. The first-order valence-corrected chi connectivity index (χ1v) is 6.55. The highest BCUT2D eigenvalue weighted by Gasteiger charge is 2.31. The van der Waals surface area contributed by atoms with Crippen molar-refractivity contribution in [2.24, 2.45) is 0 Å². The van der Waals surface area contributed by atoms with Gasteiger partial charge in [0.25, 0.3) is 5.91 Å². The van der Waals surface area contributed by atoms with Crippen LogP contribution in [0.4, 0.5) is 4.39 Å². The largest absolute Gasteiger partial charge is 0.467 e. The van der Waals surface area contributed by atoms with Crippen LogP contribution in [0.1, 0.15) is 27.7 Å². The van der Waals surface area contributed by atoms with Gasteiger partial charge in [0, 0.05) is 18.8 Å². The molecule has 117 valence electrons. The maximum absolute atomic E-state index is 13.7. The fraction of sp³-hybridized carbons (Fsp3) is 0.188. The number of carbonyl (C=O) groups excluding carboxylic acids is 2. The van der Waals surface area contributed by atoms with Crippen LogP contribution in [0.15, 0.2) is 30.7 Å². The summed E-state index contributed by atoms with van der Waals surface area (Å²) in [6.07, 6.45) is 9.78. The lowest BCUT2D eigenvalue weighted by molar-refractivity contribution is -0.146. The molecule has 1 N–H and O–H groups in total. The van der Waals surface area contributed by atoms with Crippen molar-refractivity contribution >= 4 is 11.9 Å². The minimum absolute atomic E-state index is 0.0356. The van der Waals surface area contributed by atoms with E-state index in [1.165, 1.54) is 38.8 Å². The number of nitrogens with zero attached hydrogens (tertiary/aromatic N) is 2. The van der Waals surface area contributed by atoms with Gasteiger partial charge in [-0.2, -0.15) is 0 Å². The van der Waals surface area contributed by atoms with Gasteiger partial charge in [-0.3, -0.25) is 4.79 Å². The van der Waals surface area contributed by atoms with E-state index < -0.39 is 23.7 Å². The maximum Gasteiger partial charge on any atom is 0.334 e. The van der Waals surface area contributed by atoms with E-state index >= 15 is 0 Å². The first-order chi connectivity index (χ1) is 11.0. The Kier molecular flexibility index (Phi) is 4.76. The van der Waals surface area contributed by atoms with Crippen molar-refractivity contribution in [3.8, 4) is 5.92 Å². The number of esters is 1. The van der Waals surface area contributed by atoms with E-state index in [2.05, 4.69) is 9.97 Å². The van der Waals surface area contributed by atoms with Crippen LogP contribution in [0.25, 0.3) is 0 Å². The highest BCUT2D eigenvalue weighted by molar-refractivity contribution is 5.96. The van der Waals surface area contributed by atoms with E-state index in [0.29, 0.717) is 5.69 Å². The highest BCUT2D eigenvalue weighted by atomic mass is 19.1. The zero-order valence-electron chi connectivity index (χ0n) is 12.5. The molecule has 1 radical (unpaired) electrons. The van der Waals surface area contributed by atoms with Crippen LogP contribution in [-0.4, -0.2) is 40.9 Å². The summed E-state index contributed by atoms with van der Waals surface area (Å²) >= 11 is 0. The van der Waals surface area contributed by atoms with Crippen LogP contribution in [0, 0.1) is 18.2 Å². The lowest BCUT2D eigenvalue weighted by atomic mass is 10.1. The van der Waals surface area contributed by atoms with Gasteiger partial charge in [-0.25, -0.2) is 14.2 Å². The number of imidazole rings is 1. The number of nitrogens with one attached hydrogen (secondary N) is 1. The van der Waals surface area contributed by atoms with E-state index in [-0.39, 0.29) is 11.1 Å². The minimum atomic E-state index is -1.06. The van der Waals surface area contributed by atoms with Crippen molar-refractivity contribution in [3.05, 3.63) is 59.8 Å². The average molecular weight is 314 g/mol. The first kappa shape index (κ1) is 16.2. The third-order valence-corrected chi connectivity index (χ3v) is 3.28. The molecule has 0 bridgehead atoms. The van der Waals surface area contributed by atoms with Crippen molar-refractivity contribution in [1.29, 1.82) is 0 Å². The summed E-state index contributed by atoms with van der Waals surface area (Å²) in [7, 11) is 2.60. The quantitative estimate of drug-likeness (QED) is 0.685. The molecule has 1 heterocycles. The molecule has 2 aromatic rings. The number of ether oxygens (including phenoxy) is 1. The molecule has 23 heavy (non-hydrogen) atoms. The van der Waals surface area contributed by atoms with Gasteiger partial charge in [0.2, 0.25) is 0 Å². The Hall–Kier alpha value is -3.14. The van der Waals surface area contributed by atoms with Crippen LogP contribution in [0.2, 0.25) is 0 Å². The minimum Gasteiger partial charge on any atom is -0.467 e. The molecule has 1 atom stereocenters. The molecular formula is C16H13FN3O3. The number of carbonyl (C=O) groups is 2. The molecule has 1 aromatic carbocycles. The molecule has 0 aliphatic rings. The second-order valence-corrected chi connectivity index (χ2v) is 4.66. The van der Waals surface area contributed by atoms with Gasteiger partial charge in [-0.05, 0) is 30.5 Å². The summed E-state index contributed by atoms with van der Waals surface area (Å²) in [5.41, 5.74) is 0.284. The van der Waals surface area contributed by atoms with Gasteiger partial charge in [0.05, 0.1) is 24.7 Å². The molecule has 0 aliphatic carbocycles. The highest BCUT2D eigenvalue weighted by Crippen LogP contribution is 2.21. The normalized spacial score (nSPS) is 11.4. The predicted octanol–water partition coefficient (Wildman–Crippen LogP) is 1.47. The Bertz CT molecular complexity index is 765. The SMILES string of the molecule is [C]#Cc1ccc(C(=O)N(C)C(C(=O)OC)c2c[nH]cn2)cc1F. The Morgan fingerprint density at radius 1 is 1.48 bits per heavy atom. The van der Waals surface area contributed by atoms with Crippen LogP contribution in [0.3, 0.4) is 0 Å². The molecule has 6 nitrogen and oxygen atoms in total. The fourth-order valence-electron chi connectivity index (χ4n) is 2.08. The van der Waals surface area contributed by atoms with E-state index in [9.17, 15) is 14.0 Å². The van der Waals surface area contributed by atoms with Crippen molar-refractivity contribution in [1.82, 2.24) is 14.9 Å². The smallest absolute Gasteiger partial charge is 0.334 e. The number of rotatable bonds is 4. The van der Waals surface area contributed by atoms with E-state index in [1.54, 1.807) is 0 Å². The molecule has 7 heteroatoms. The third-order valence-electron chi connectivity index (χ3n) is 3.28. The number of aromatic nitrogens is 2. The van der Waals surface area contributed by atoms with Crippen LogP contribution < -0.4 is 0 Å². The van der Waals surface area contributed by atoms with Crippen molar-refractivity contribution in [2.45, 2.75) is 6.04 Å². The number of methoxy groups -OCH3 is 1. The van der Waals surface area contributed by atoms with Crippen LogP contribution >= 0.6 is 0 Å². The number of hydrogen-bond acceptors (Lipinski definition) is 4. The molecule has 1 aromatic heterocycles. The van der Waals surface area contributed by atoms with E-state index in [1.807, 2.05) is 5.92 Å². The van der Waals surface area contributed by atoms with Gasteiger partial charge in [-0.1, -0.05) is 0 Å². The number of halogens is 1. The molecule has 1 amide bonds. The van der Waals surface area contributed by atoms with Crippen molar-refractivity contribution in [3.63, 3.8) is 0 Å². The Morgan fingerprint density at radius 3 is 2.74 bits per heavy atom. The maximum atomic E-state index is 13.7. The third kappa shape index (κ3) is 3.21. The van der Waals surface area contributed by atoms with Gasteiger partial charge >= 0.3 is 5.97 Å².